The molecule has 2 unspecified atom stereocenters. The van der Waals surface area contributed by atoms with Crippen LogP contribution in [0.2, 0.25) is 0 Å². The van der Waals surface area contributed by atoms with Gasteiger partial charge >= 0.3 is 0 Å². The third kappa shape index (κ3) is 6.45. The lowest BCUT2D eigenvalue weighted by molar-refractivity contribution is 0.00690. The maximum Gasteiger partial charge on any atom is 0.127 e. The van der Waals surface area contributed by atoms with Crippen molar-refractivity contribution >= 4 is 23.2 Å². The number of hydrogen-bond acceptors (Lipinski definition) is 3. The topological polar surface area (TPSA) is 32.7 Å². The number of phenols is 1. The molecule has 1 N–H and O–H groups in total. The molecule has 5 heteroatoms. The summed E-state index contributed by atoms with van der Waals surface area (Å²) >= 11 is 12.1. The second kappa shape index (κ2) is 11.9. The van der Waals surface area contributed by atoms with E-state index < -0.39 is 0 Å². The molecule has 2 atom stereocenters. The SMILES string of the molecule is CCCCCCC(C)(C)c1cc(O)c2c(c1)OC(C)(C)C1CC=C(CN(CCCl)CCCl)CC21. The highest BCUT2D eigenvalue weighted by molar-refractivity contribution is 6.18. The molecule has 0 saturated heterocycles. The first-order valence-electron chi connectivity index (χ1n) is 13.2. The van der Waals surface area contributed by atoms with Gasteiger partial charge in [-0.1, -0.05) is 58.1 Å². The zero-order chi connectivity index (χ0) is 24.9. The van der Waals surface area contributed by atoms with Crippen LogP contribution in [0.4, 0.5) is 0 Å². The van der Waals surface area contributed by atoms with E-state index in [-0.39, 0.29) is 16.9 Å². The van der Waals surface area contributed by atoms with E-state index in [1.54, 1.807) is 0 Å². The summed E-state index contributed by atoms with van der Waals surface area (Å²) in [5.74, 6) is 3.10. The lowest BCUT2D eigenvalue weighted by atomic mass is 9.66. The molecule has 0 amide bonds. The fraction of sp³-hybridized carbons (Fsp3) is 0.724. The van der Waals surface area contributed by atoms with Gasteiger partial charge in [-0.05, 0) is 56.2 Å². The molecule has 0 aromatic heterocycles. The number of rotatable bonds is 12. The van der Waals surface area contributed by atoms with Crippen molar-refractivity contribution in [1.82, 2.24) is 4.90 Å². The lowest BCUT2D eigenvalue weighted by Crippen LogP contribution is -2.46. The van der Waals surface area contributed by atoms with Gasteiger partial charge in [0.25, 0.3) is 0 Å². The first-order valence-corrected chi connectivity index (χ1v) is 14.3. The van der Waals surface area contributed by atoms with Crippen LogP contribution in [-0.4, -0.2) is 47.0 Å². The van der Waals surface area contributed by atoms with E-state index in [0.717, 1.165) is 50.2 Å². The third-order valence-corrected chi connectivity index (χ3v) is 8.39. The summed E-state index contributed by atoms with van der Waals surface area (Å²) in [5, 5.41) is 11.3. The predicted octanol–water partition coefficient (Wildman–Crippen LogP) is 8.01. The first kappa shape index (κ1) is 27.7. The summed E-state index contributed by atoms with van der Waals surface area (Å²) in [4.78, 5) is 2.33. The number of halogens is 2. The highest BCUT2D eigenvalue weighted by Crippen LogP contribution is 2.55. The van der Waals surface area contributed by atoms with Gasteiger partial charge in [0.1, 0.15) is 17.1 Å². The molecule has 0 spiro atoms. The van der Waals surface area contributed by atoms with E-state index in [2.05, 4.69) is 51.7 Å². The van der Waals surface area contributed by atoms with Crippen molar-refractivity contribution in [2.75, 3.05) is 31.4 Å². The average Bonchev–Trinajstić information content (AvgIpc) is 2.76. The van der Waals surface area contributed by atoms with Crippen LogP contribution in [-0.2, 0) is 5.41 Å². The van der Waals surface area contributed by atoms with Crippen LogP contribution in [0.25, 0.3) is 0 Å². The molecule has 3 nitrogen and oxygen atoms in total. The van der Waals surface area contributed by atoms with E-state index >= 15 is 0 Å². The quantitative estimate of drug-likeness (QED) is 0.176. The first-order chi connectivity index (χ1) is 16.1. The normalized spacial score (nSPS) is 21.6. The number of phenolic OH excluding ortho intramolecular Hbond substituents is 1. The Bertz CT molecular complexity index is 843. The second-order valence-corrected chi connectivity index (χ2v) is 12.2. The molecule has 0 fully saturated rings. The molecule has 3 rings (SSSR count). The summed E-state index contributed by atoms with van der Waals surface area (Å²) in [6.45, 7) is 13.8. The number of nitrogens with zero attached hydrogens (tertiary/aromatic N) is 1. The molecule has 0 saturated carbocycles. The van der Waals surface area contributed by atoms with E-state index in [9.17, 15) is 5.11 Å². The van der Waals surface area contributed by atoms with Crippen LogP contribution in [0.1, 0.15) is 96.6 Å². The number of allylic oxidation sites excluding steroid dienone is 1. The summed E-state index contributed by atoms with van der Waals surface area (Å²) in [6.07, 6.45) is 10.4. The van der Waals surface area contributed by atoms with Crippen molar-refractivity contribution in [2.45, 2.75) is 96.5 Å². The largest absolute Gasteiger partial charge is 0.508 e. The van der Waals surface area contributed by atoms with Crippen LogP contribution in [0.5, 0.6) is 11.5 Å². The van der Waals surface area contributed by atoms with Crippen LogP contribution in [0.3, 0.4) is 0 Å². The van der Waals surface area contributed by atoms with Crippen molar-refractivity contribution in [3.05, 3.63) is 34.9 Å². The monoisotopic (exact) mass is 509 g/mol. The van der Waals surface area contributed by atoms with Crippen LogP contribution in [0.15, 0.2) is 23.8 Å². The van der Waals surface area contributed by atoms with Crippen molar-refractivity contribution in [3.63, 3.8) is 0 Å². The molecular weight excluding hydrogens is 465 g/mol. The maximum absolute atomic E-state index is 11.3. The average molecular weight is 511 g/mol. The van der Waals surface area contributed by atoms with Crippen molar-refractivity contribution in [2.24, 2.45) is 5.92 Å². The van der Waals surface area contributed by atoms with Crippen molar-refractivity contribution < 1.29 is 9.84 Å². The Morgan fingerprint density at radius 3 is 2.47 bits per heavy atom. The van der Waals surface area contributed by atoms with Crippen molar-refractivity contribution in [3.8, 4) is 11.5 Å². The Hall–Kier alpha value is -0.900. The Labute approximate surface area is 217 Å². The zero-order valence-corrected chi connectivity index (χ0v) is 23.4. The van der Waals surface area contributed by atoms with Gasteiger partial charge in [-0.15, -0.1) is 23.2 Å². The molecule has 0 radical (unpaired) electrons. The lowest BCUT2D eigenvalue weighted by Gasteiger charge is -2.47. The smallest absolute Gasteiger partial charge is 0.127 e. The Morgan fingerprint density at radius 2 is 1.82 bits per heavy atom. The number of benzene rings is 1. The molecule has 2 aliphatic rings. The van der Waals surface area contributed by atoms with Crippen molar-refractivity contribution in [1.29, 1.82) is 0 Å². The Morgan fingerprint density at radius 1 is 1.12 bits per heavy atom. The van der Waals surface area contributed by atoms with Crippen LogP contribution < -0.4 is 4.74 Å². The second-order valence-electron chi connectivity index (χ2n) is 11.5. The number of hydrogen-bond donors (Lipinski definition) is 1. The fourth-order valence-corrected chi connectivity index (χ4v) is 6.40. The van der Waals surface area contributed by atoms with E-state index in [0.29, 0.717) is 23.4 Å². The number of alkyl halides is 2. The molecule has 1 aliphatic carbocycles. The van der Waals surface area contributed by atoms with E-state index in [4.69, 9.17) is 27.9 Å². The van der Waals surface area contributed by atoms with E-state index in [1.807, 2.05) is 6.07 Å². The number of ether oxygens (including phenoxy) is 1. The van der Waals surface area contributed by atoms with Gasteiger partial charge in [-0.2, -0.15) is 0 Å². The molecule has 1 heterocycles. The Kier molecular flexibility index (Phi) is 9.68. The van der Waals surface area contributed by atoms with Gasteiger partial charge in [-0.3, -0.25) is 4.90 Å². The maximum atomic E-state index is 11.3. The third-order valence-electron chi connectivity index (χ3n) is 8.05. The Balaban J connectivity index is 1.87. The van der Waals surface area contributed by atoms with Gasteiger partial charge in [0, 0.05) is 48.8 Å². The summed E-state index contributed by atoms with van der Waals surface area (Å²) < 4.78 is 6.61. The van der Waals surface area contributed by atoms with Crippen LogP contribution in [0, 0.1) is 5.92 Å². The minimum Gasteiger partial charge on any atom is -0.508 e. The molecule has 1 aliphatic heterocycles. The van der Waals surface area contributed by atoms with Gasteiger partial charge < -0.3 is 9.84 Å². The fourth-order valence-electron chi connectivity index (χ4n) is 5.92. The number of aromatic hydroxyl groups is 1. The minimum atomic E-state index is -0.276. The van der Waals surface area contributed by atoms with Gasteiger partial charge in [0.05, 0.1) is 0 Å². The molecular formula is C29H45Cl2NO2. The van der Waals surface area contributed by atoms with Crippen LogP contribution >= 0.6 is 23.2 Å². The highest BCUT2D eigenvalue weighted by atomic mass is 35.5. The highest BCUT2D eigenvalue weighted by Gasteiger charge is 2.46. The number of unbranched alkanes of at least 4 members (excludes halogenated alkanes) is 3. The van der Waals surface area contributed by atoms with E-state index in [1.165, 1.54) is 36.8 Å². The predicted molar refractivity (Wildman–Crippen MR) is 146 cm³/mol. The van der Waals surface area contributed by atoms with Gasteiger partial charge in [0.2, 0.25) is 0 Å². The summed E-state index contributed by atoms with van der Waals surface area (Å²) in [7, 11) is 0. The zero-order valence-electron chi connectivity index (χ0n) is 21.9. The standard InChI is InChI=1S/C29H45Cl2NO2/c1-6-7-8-9-12-28(2,3)22-18-25(33)27-23-17-21(20-32(15-13-30)16-14-31)10-11-24(23)29(4,5)34-26(27)19-22/h10,18-19,23-24,33H,6-9,11-17,20H2,1-5H3. The molecule has 34 heavy (non-hydrogen) atoms. The van der Waals surface area contributed by atoms with Gasteiger partial charge in [-0.25, -0.2) is 0 Å². The van der Waals surface area contributed by atoms with Gasteiger partial charge in [0.15, 0.2) is 0 Å². The summed E-state index contributed by atoms with van der Waals surface area (Å²) in [6, 6.07) is 4.24. The molecule has 0 bridgehead atoms. The minimum absolute atomic E-state index is 0.00581. The summed E-state index contributed by atoms with van der Waals surface area (Å²) in [5.41, 5.74) is 3.33. The molecule has 192 valence electrons. The molecule has 1 aromatic rings. The molecule has 1 aromatic carbocycles. The number of fused-ring (bicyclic) bond motifs is 3.